The van der Waals surface area contributed by atoms with E-state index >= 15 is 0 Å². The number of piperidine rings is 1. The van der Waals surface area contributed by atoms with E-state index in [0.29, 0.717) is 30.0 Å². The molecule has 1 aromatic rings. The third-order valence-corrected chi connectivity index (χ3v) is 4.54. The molecule has 1 fully saturated rings. The van der Waals surface area contributed by atoms with Crippen molar-refractivity contribution in [2.45, 2.75) is 45.1 Å². The highest BCUT2D eigenvalue weighted by atomic mass is 16.5. The molecular weight excluding hydrogens is 310 g/mol. The van der Waals surface area contributed by atoms with Crippen LogP contribution in [0.3, 0.4) is 0 Å². The number of carbonyl (C=O) groups excluding carboxylic acids is 1. The Bertz CT molecular complexity index is 614. The molecule has 1 amide bonds. The summed E-state index contributed by atoms with van der Waals surface area (Å²) in [6.07, 6.45) is 3.40. The zero-order valence-corrected chi connectivity index (χ0v) is 14.5. The first-order valence-electron chi connectivity index (χ1n) is 8.23. The summed E-state index contributed by atoms with van der Waals surface area (Å²) in [5, 5.41) is 8.92. The number of aryl methyl sites for hydroxylation is 1. The minimum Gasteiger partial charge on any atom is -0.493 e. The maximum Gasteiger partial charge on any atom is 0.303 e. The molecule has 6 nitrogen and oxygen atoms in total. The molecule has 1 N–H and O–H groups in total. The van der Waals surface area contributed by atoms with Crippen LogP contribution in [0.5, 0.6) is 11.5 Å². The monoisotopic (exact) mass is 335 g/mol. The molecule has 1 aliphatic heterocycles. The summed E-state index contributed by atoms with van der Waals surface area (Å²) >= 11 is 0. The number of methoxy groups -OCH3 is 2. The first-order chi connectivity index (χ1) is 11.5. The number of likely N-dealkylation sites (tertiary alicyclic amines) is 1. The van der Waals surface area contributed by atoms with E-state index in [2.05, 4.69) is 0 Å². The van der Waals surface area contributed by atoms with Crippen molar-refractivity contribution >= 4 is 11.9 Å². The van der Waals surface area contributed by atoms with Crippen molar-refractivity contribution in [2.24, 2.45) is 0 Å². The molecule has 0 saturated carbocycles. The van der Waals surface area contributed by atoms with Crippen LogP contribution in [-0.4, -0.2) is 48.7 Å². The summed E-state index contributed by atoms with van der Waals surface area (Å²) in [6.45, 7) is 2.53. The van der Waals surface area contributed by atoms with Gasteiger partial charge < -0.3 is 19.5 Å². The first-order valence-corrected chi connectivity index (χ1v) is 8.23. The summed E-state index contributed by atoms with van der Waals surface area (Å²) in [6, 6.07) is 3.48. The van der Waals surface area contributed by atoms with Crippen LogP contribution in [0.4, 0.5) is 0 Å². The number of hydrogen-bond acceptors (Lipinski definition) is 4. The van der Waals surface area contributed by atoms with Crippen molar-refractivity contribution in [3.8, 4) is 11.5 Å². The molecule has 1 saturated heterocycles. The van der Waals surface area contributed by atoms with E-state index in [1.165, 1.54) is 7.11 Å². The van der Waals surface area contributed by atoms with Crippen molar-refractivity contribution in [1.29, 1.82) is 0 Å². The predicted octanol–water partition coefficient (Wildman–Crippen LogP) is 2.87. The number of ether oxygens (including phenoxy) is 2. The van der Waals surface area contributed by atoms with E-state index in [1.807, 2.05) is 11.8 Å². The van der Waals surface area contributed by atoms with Gasteiger partial charge in [0.1, 0.15) is 0 Å². The fourth-order valence-electron chi connectivity index (χ4n) is 3.22. The number of hydrogen-bond donors (Lipinski definition) is 1. The highest BCUT2D eigenvalue weighted by Crippen LogP contribution is 2.32. The molecule has 6 heteroatoms. The van der Waals surface area contributed by atoms with Crippen LogP contribution in [0, 0.1) is 6.92 Å². The number of carbonyl (C=O) groups is 2. The van der Waals surface area contributed by atoms with E-state index in [9.17, 15) is 9.59 Å². The van der Waals surface area contributed by atoms with Gasteiger partial charge in [-0.15, -0.1) is 0 Å². The number of carboxylic acids is 1. The van der Waals surface area contributed by atoms with Crippen LogP contribution in [-0.2, 0) is 4.79 Å². The van der Waals surface area contributed by atoms with Crippen LogP contribution in [0.15, 0.2) is 12.1 Å². The summed E-state index contributed by atoms with van der Waals surface area (Å²) in [4.78, 5) is 25.7. The van der Waals surface area contributed by atoms with Gasteiger partial charge in [0.25, 0.3) is 5.91 Å². The van der Waals surface area contributed by atoms with Crippen LogP contribution in [0.1, 0.15) is 48.0 Å². The molecule has 1 atom stereocenters. The fraction of sp³-hybridized carbons (Fsp3) is 0.556. The highest BCUT2D eigenvalue weighted by molar-refractivity contribution is 5.96. The van der Waals surface area contributed by atoms with Gasteiger partial charge >= 0.3 is 5.97 Å². The van der Waals surface area contributed by atoms with Gasteiger partial charge in [-0.2, -0.15) is 0 Å². The summed E-state index contributed by atoms with van der Waals surface area (Å²) < 4.78 is 10.6. The predicted molar refractivity (Wildman–Crippen MR) is 89.8 cm³/mol. The van der Waals surface area contributed by atoms with E-state index in [-0.39, 0.29) is 18.4 Å². The molecule has 1 unspecified atom stereocenters. The summed E-state index contributed by atoms with van der Waals surface area (Å²) in [5.74, 6) is 0.219. The van der Waals surface area contributed by atoms with E-state index in [4.69, 9.17) is 14.6 Å². The average Bonchev–Trinajstić information content (AvgIpc) is 2.59. The van der Waals surface area contributed by atoms with Crippen molar-refractivity contribution in [2.75, 3.05) is 20.8 Å². The third kappa shape index (κ3) is 3.99. The second-order valence-electron chi connectivity index (χ2n) is 6.10. The van der Waals surface area contributed by atoms with Gasteiger partial charge in [-0.05, 0) is 50.3 Å². The van der Waals surface area contributed by atoms with Crippen molar-refractivity contribution in [3.05, 3.63) is 23.3 Å². The molecule has 1 heterocycles. The normalized spacial score (nSPS) is 17.5. The van der Waals surface area contributed by atoms with E-state index in [1.54, 1.807) is 19.2 Å². The van der Waals surface area contributed by atoms with E-state index in [0.717, 1.165) is 24.8 Å². The Morgan fingerprint density at radius 2 is 1.88 bits per heavy atom. The Hall–Kier alpha value is -2.24. The van der Waals surface area contributed by atoms with Crippen molar-refractivity contribution in [3.63, 3.8) is 0 Å². The van der Waals surface area contributed by atoms with Gasteiger partial charge in [0.15, 0.2) is 11.5 Å². The molecule has 0 bridgehead atoms. The maximum atomic E-state index is 13.0. The first kappa shape index (κ1) is 18.1. The van der Waals surface area contributed by atoms with Crippen LogP contribution in [0.25, 0.3) is 0 Å². The lowest BCUT2D eigenvalue weighted by molar-refractivity contribution is -0.137. The summed E-state index contributed by atoms with van der Waals surface area (Å²) in [7, 11) is 3.10. The molecule has 2 rings (SSSR count). The molecule has 1 aromatic carbocycles. The van der Waals surface area contributed by atoms with Gasteiger partial charge in [0.05, 0.1) is 14.2 Å². The number of carboxylic acid groups (broad SMARTS) is 1. The highest BCUT2D eigenvalue weighted by Gasteiger charge is 2.29. The molecule has 24 heavy (non-hydrogen) atoms. The number of benzene rings is 1. The SMILES string of the molecule is COc1cc(C)c(C(=O)N2CCCCC2CCC(=O)O)cc1OC. The lowest BCUT2D eigenvalue weighted by Gasteiger charge is -2.36. The zero-order valence-electron chi connectivity index (χ0n) is 14.5. The van der Waals surface area contributed by atoms with Gasteiger partial charge in [-0.25, -0.2) is 0 Å². The van der Waals surface area contributed by atoms with E-state index < -0.39 is 5.97 Å². The number of aliphatic carboxylic acids is 1. The topological polar surface area (TPSA) is 76.1 Å². The number of amides is 1. The largest absolute Gasteiger partial charge is 0.493 e. The number of rotatable bonds is 6. The quantitative estimate of drug-likeness (QED) is 0.865. The Morgan fingerprint density at radius 1 is 1.21 bits per heavy atom. The molecule has 132 valence electrons. The standard InChI is InChI=1S/C18H25NO5/c1-12-10-15(23-2)16(24-3)11-14(12)18(22)19-9-5-4-6-13(19)7-8-17(20)21/h10-11,13H,4-9H2,1-3H3,(H,20,21). The smallest absolute Gasteiger partial charge is 0.303 e. The zero-order chi connectivity index (χ0) is 17.7. The van der Waals surface area contributed by atoms with Gasteiger partial charge in [0.2, 0.25) is 0 Å². The van der Waals surface area contributed by atoms with Gasteiger partial charge in [-0.3, -0.25) is 9.59 Å². The molecule has 0 spiro atoms. The van der Waals surface area contributed by atoms with Crippen LogP contribution >= 0.6 is 0 Å². The number of nitrogens with zero attached hydrogens (tertiary/aromatic N) is 1. The van der Waals surface area contributed by atoms with Crippen LogP contribution in [0.2, 0.25) is 0 Å². The Labute approximate surface area is 142 Å². The van der Waals surface area contributed by atoms with Crippen molar-refractivity contribution < 1.29 is 24.2 Å². The Kier molecular flexibility index (Phi) is 6.06. The Morgan fingerprint density at radius 3 is 2.50 bits per heavy atom. The molecule has 1 aliphatic rings. The van der Waals surface area contributed by atoms with Crippen molar-refractivity contribution in [1.82, 2.24) is 4.90 Å². The molecule has 0 radical (unpaired) electrons. The fourth-order valence-corrected chi connectivity index (χ4v) is 3.22. The van der Waals surface area contributed by atoms with Crippen LogP contribution < -0.4 is 9.47 Å². The minimum absolute atomic E-state index is 0.0187. The summed E-state index contributed by atoms with van der Waals surface area (Å²) in [5.41, 5.74) is 1.40. The molecule has 0 aromatic heterocycles. The minimum atomic E-state index is -0.824. The maximum absolute atomic E-state index is 13.0. The average molecular weight is 335 g/mol. The van der Waals surface area contributed by atoms with Gasteiger partial charge in [-0.1, -0.05) is 0 Å². The molecule has 0 aliphatic carbocycles. The second kappa shape index (κ2) is 8.04. The Balaban J connectivity index is 2.26. The third-order valence-electron chi connectivity index (χ3n) is 4.54. The lowest BCUT2D eigenvalue weighted by atomic mass is 9.96. The lowest BCUT2D eigenvalue weighted by Crippen LogP contribution is -2.44. The van der Waals surface area contributed by atoms with Gasteiger partial charge in [0, 0.05) is 24.6 Å². The second-order valence-corrected chi connectivity index (χ2v) is 6.10. The molecular formula is C18H25NO5.